The van der Waals surface area contributed by atoms with Gasteiger partial charge in [0.2, 0.25) is 0 Å². The lowest BCUT2D eigenvalue weighted by atomic mass is 9.82. The van der Waals surface area contributed by atoms with Crippen LogP contribution in [-0.2, 0) is 4.74 Å². The minimum atomic E-state index is 0.428. The Morgan fingerprint density at radius 3 is 1.53 bits per heavy atom. The molecular formula is C13H25N3O. The monoisotopic (exact) mass is 239 g/mol. The molecule has 0 amide bonds. The van der Waals surface area contributed by atoms with Gasteiger partial charge in [-0.3, -0.25) is 0 Å². The van der Waals surface area contributed by atoms with Gasteiger partial charge in [-0.05, 0) is 38.1 Å². The van der Waals surface area contributed by atoms with Crippen LogP contribution < -0.4 is 16.0 Å². The van der Waals surface area contributed by atoms with Gasteiger partial charge in [0.15, 0.2) is 0 Å². The van der Waals surface area contributed by atoms with E-state index in [2.05, 4.69) is 16.0 Å². The number of fused-ring (bicyclic) bond motifs is 5. The topological polar surface area (TPSA) is 45.3 Å². The molecule has 3 N–H and O–H groups in total. The molecule has 1 aliphatic carbocycles. The molecule has 4 nitrogen and oxygen atoms in total. The summed E-state index contributed by atoms with van der Waals surface area (Å²) in [4.78, 5) is 0. The van der Waals surface area contributed by atoms with Gasteiger partial charge in [0.1, 0.15) is 0 Å². The van der Waals surface area contributed by atoms with Crippen molar-refractivity contribution < 1.29 is 4.74 Å². The Morgan fingerprint density at radius 2 is 1.29 bits per heavy atom. The van der Waals surface area contributed by atoms with E-state index in [1.165, 1.54) is 32.2 Å². The molecule has 0 unspecified atom stereocenters. The van der Waals surface area contributed by atoms with Gasteiger partial charge in [-0.2, -0.15) is 0 Å². The summed E-state index contributed by atoms with van der Waals surface area (Å²) in [6, 6.07) is 0.903. The molecule has 5 fully saturated rings. The predicted octanol–water partition coefficient (Wildman–Crippen LogP) is 0.0950. The Kier molecular flexibility index (Phi) is 3.96. The zero-order valence-corrected chi connectivity index (χ0v) is 10.6. The number of hydrogen-bond acceptors (Lipinski definition) is 4. The summed E-state index contributed by atoms with van der Waals surface area (Å²) in [6.07, 6.45) is 6.75. The molecule has 1 saturated carbocycles. The van der Waals surface area contributed by atoms with E-state index in [-0.39, 0.29) is 0 Å². The molecule has 0 aromatic rings. The zero-order valence-electron chi connectivity index (χ0n) is 10.6. The van der Waals surface area contributed by atoms with Crippen molar-refractivity contribution in [1.29, 1.82) is 0 Å². The normalized spacial score (nSPS) is 43.8. The van der Waals surface area contributed by atoms with E-state index in [0.717, 1.165) is 38.1 Å². The average molecular weight is 239 g/mol. The molecule has 0 aromatic heterocycles. The lowest BCUT2D eigenvalue weighted by Gasteiger charge is -2.36. The van der Waals surface area contributed by atoms with Crippen LogP contribution in [0, 0.1) is 5.92 Å². The Balaban J connectivity index is 0.000000107. The van der Waals surface area contributed by atoms with Gasteiger partial charge >= 0.3 is 0 Å². The van der Waals surface area contributed by atoms with E-state index in [0.29, 0.717) is 12.2 Å². The first-order valence-electron chi connectivity index (χ1n) is 7.20. The lowest BCUT2D eigenvalue weighted by molar-refractivity contribution is -0.0585. The summed E-state index contributed by atoms with van der Waals surface area (Å²) in [7, 11) is 0. The molecule has 5 aliphatic rings. The van der Waals surface area contributed by atoms with Crippen molar-refractivity contribution in [1.82, 2.24) is 16.0 Å². The molecule has 0 radical (unpaired) electrons. The fraction of sp³-hybridized carbons (Fsp3) is 1.00. The molecule has 4 heterocycles. The summed E-state index contributed by atoms with van der Waals surface area (Å²) in [5, 5.41) is 10.2. The fourth-order valence-electron chi connectivity index (χ4n) is 3.32. The van der Waals surface area contributed by atoms with Crippen LogP contribution in [0.5, 0.6) is 0 Å². The Labute approximate surface area is 104 Å². The highest BCUT2D eigenvalue weighted by Crippen LogP contribution is 2.28. The predicted molar refractivity (Wildman–Crippen MR) is 68.1 cm³/mol. The molecule has 98 valence electrons. The quantitative estimate of drug-likeness (QED) is 0.561. The van der Waals surface area contributed by atoms with E-state index in [4.69, 9.17) is 4.74 Å². The smallest absolute Gasteiger partial charge is 0.0828 e. The molecule has 17 heavy (non-hydrogen) atoms. The lowest BCUT2D eigenvalue weighted by Crippen LogP contribution is -2.56. The van der Waals surface area contributed by atoms with E-state index in [9.17, 15) is 0 Å². The first kappa shape index (κ1) is 11.9. The van der Waals surface area contributed by atoms with Crippen molar-refractivity contribution in [3.8, 4) is 0 Å². The molecular weight excluding hydrogens is 214 g/mol. The molecule has 4 heteroatoms. The third-order valence-electron chi connectivity index (χ3n) is 4.41. The van der Waals surface area contributed by atoms with Crippen LogP contribution in [0.3, 0.4) is 0 Å². The second-order valence-corrected chi connectivity index (χ2v) is 5.82. The minimum absolute atomic E-state index is 0.428. The van der Waals surface area contributed by atoms with Crippen LogP contribution >= 0.6 is 0 Å². The van der Waals surface area contributed by atoms with Crippen LogP contribution in [0.25, 0.3) is 0 Å². The molecule has 5 rings (SSSR count). The van der Waals surface area contributed by atoms with Crippen molar-refractivity contribution in [3.05, 3.63) is 0 Å². The SMILES string of the molecule is C1CC2CCC1CN2.C1NCC2CNCC1O2. The van der Waals surface area contributed by atoms with Gasteiger partial charge in [-0.25, -0.2) is 0 Å². The third kappa shape index (κ3) is 3.19. The second kappa shape index (κ2) is 5.65. The highest BCUT2D eigenvalue weighted by atomic mass is 16.5. The van der Waals surface area contributed by atoms with Gasteiger partial charge in [0.05, 0.1) is 12.2 Å². The van der Waals surface area contributed by atoms with Crippen LogP contribution in [0.2, 0.25) is 0 Å². The van der Waals surface area contributed by atoms with E-state index >= 15 is 0 Å². The highest BCUT2D eigenvalue weighted by Gasteiger charge is 2.26. The Hall–Kier alpha value is -0.160. The summed E-state index contributed by atoms with van der Waals surface area (Å²) < 4.78 is 5.60. The van der Waals surface area contributed by atoms with Crippen LogP contribution in [0.1, 0.15) is 25.7 Å². The van der Waals surface area contributed by atoms with E-state index < -0.39 is 0 Å². The van der Waals surface area contributed by atoms with Crippen LogP contribution in [0.4, 0.5) is 0 Å². The third-order valence-corrected chi connectivity index (χ3v) is 4.41. The molecule has 0 spiro atoms. The van der Waals surface area contributed by atoms with Gasteiger partial charge in [-0.1, -0.05) is 0 Å². The van der Waals surface area contributed by atoms with Crippen molar-refractivity contribution in [2.45, 2.75) is 43.9 Å². The maximum atomic E-state index is 5.60. The van der Waals surface area contributed by atoms with E-state index in [1.54, 1.807) is 0 Å². The number of hydrogen-bond donors (Lipinski definition) is 3. The largest absolute Gasteiger partial charge is 0.370 e. The molecule has 0 aromatic carbocycles. The zero-order chi connectivity index (χ0) is 11.5. The number of piperidine rings is 2. The average Bonchev–Trinajstić information content (AvgIpc) is 2.42. The first-order valence-corrected chi connectivity index (χ1v) is 7.20. The Bertz CT molecular complexity index is 198. The summed E-state index contributed by atoms with van der Waals surface area (Å²) in [5.41, 5.74) is 0. The number of nitrogens with one attached hydrogen (secondary N) is 3. The molecule has 4 aliphatic heterocycles. The summed E-state index contributed by atoms with van der Waals surface area (Å²) in [5.74, 6) is 1.04. The second-order valence-electron chi connectivity index (χ2n) is 5.82. The molecule has 4 saturated heterocycles. The van der Waals surface area contributed by atoms with Crippen molar-refractivity contribution in [3.63, 3.8) is 0 Å². The van der Waals surface area contributed by atoms with Gasteiger partial charge in [-0.15, -0.1) is 0 Å². The number of ether oxygens (including phenoxy) is 1. The van der Waals surface area contributed by atoms with E-state index in [1.807, 2.05) is 0 Å². The maximum Gasteiger partial charge on any atom is 0.0828 e. The van der Waals surface area contributed by atoms with Crippen molar-refractivity contribution in [2.24, 2.45) is 5.92 Å². The first-order chi connectivity index (χ1) is 8.40. The standard InChI is InChI=1S/C7H13N.C6H12N2O/c1-3-7-4-2-6(1)5-8-7;1-5-2-8-4-6(9-5)3-7-1/h6-8H,1-5H2;5-8H,1-4H2. The number of rotatable bonds is 0. The maximum absolute atomic E-state index is 5.60. The summed E-state index contributed by atoms with van der Waals surface area (Å²) in [6.45, 7) is 5.38. The minimum Gasteiger partial charge on any atom is -0.370 e. The van der Waals surface area contributed by atoms with Gasteiger partial charge < -0.3 is 20.7 Å². The van der Waals surface area contributed by atoms with Crippen molar-refractivity contribution in [2.75, 3.05) is 32.7 Å². The van der Waals surface area contributed by atoms with Crippen LogP contribution in [-0.4, -0.2) is 51.0 Å². The van der Waals surface area contributed by atoms with Gasteiger partial charge in [0.25, 0.3) is 0 Å². The molecule has 4 bridgehead atoms. The molecule has 0 atom stereocenters. The summed E-state index contributed by atoms with van der Waals surface area (Å²) >= 11 is 0. The number of morpholine rings is 2. The van der Waals surface area contributed by atoms with Gasteiger partial charge in [0, 0.05) is 32.2 Å². The van der Waals surface area contributed by atoms with Crippen LogP contribution in [0.15, 0.2) is 0 Å². The fourth-order valence-corrected chi connectivity index (χ4v) is 3.32. The highest BCUT2D eigenvalue weighted by molar-refractivity contribution is 4.84. The van der Waals surface area contributed by atoms with Crippen molar-refractivity contribution >= 4 is 0 Å². The Morgan fingerprint density at radius 1 is 0.706 bits per heavy atom.